The first-order valence-electron chi connectivity index (χ1n) is 10.6. The summed E-state index contributed by atoms with van der Waals surface area (Å²) >= 11 is 6.95. The molecule has 186 valence electrons. The van der Waals surface area contributed by atoms with E-state index in [1.165, 1.54) is 36.6 Å². The van der Waals surface area contributed by atoms with E-state index in [-0.39, 0.29) is 68.7 Å². The van der Waals surface area contributed by atoms with Gasteiger partial charge in [-0.2, -0.15) is 10.5 Å². The van der Waals surface area contributed by atoms with Crippen molar-refractivity contribution in [1.82, 2.24) is 9.97 Å². The highest BCUT2D eigenvalue weighted by Gasteiger charge is 2.22. The van der Waals surface area contributed by atoms with Gasteiger partial charge in [-0.1, -0.05) is 29.4 Å². The number of rotatable bonds is 8. The number of aliphatic hydroxyl groups excluding tert-OH is 1. The molecule has 0 aliphatic rings. The van der Waals surface area contributed by atoms with E-state index in [0.29, 0.717) is 11.3 Å². The quantitative estimate of drug-likeness (QED) is 0.284. The van der Waals surface area contributed by atoms with Crippen LogP contribution < -0.4 is 10.5 Å². The van der Waals surface area contributed by atoms with Crippen molar-refractivity contribution in [2.75, 3.05) is 18.9 Å². The normalized spacial score (nSPS) is 10.6. The molecule has 0 saturated carbocycles. The van der Waals surface area contributed by atoms with Crippen LogP contribution in [0.25, 0.3) is 22.6 Å². The number of hydrogen-bond acceptors (Lipinski definition) is 9. The predicted octanol–water partition coefficient (Wildman–Crippen LogP) is 5.32. The molecule has 4 aromatic rings. The number of hydrogen-bond donors (Lipinski definition) is 2. The molecule has 8 nitrogen and oxygen atoms in total. The van der Waals surface area contributed by atoms with Gasteiger partial charge in [-0.3, -0.25) is 0 Å². The summed E-state index contributed by atoms with van der Waals surface area (Å²) in [6.07, 6.45) is 1.40. The average molecular weight is 540 g/mol. The molecule has 2 aromatic heterocycles. The van der Waals surface area contributed by atoms with Crippen molar-refractivity contribution in [3.05, 3.63) is 76.1 Å². The van der Waals surface area contributed by atoms with Crippen LogP contribution in [0.3, 0.4) is 0 Å². The largest absolute Gasteiger partial charge is 0.488 e. The van der Waals surface area contributed by atoms with Gasteiger partial charge in [0.15, 0.2) is 11.6 Å². The van der Waals surface area contributed by atoms with Gasteiger partial charge in [0.25, 0.3) is 0 Å². The molecule has 3 N–H and O–H groups in total. The number of anilines is 1. The Morgan fingerprint density at radius 1 is 1.05 bits per heavy atom. The lowest BCUT2D eigenvalue weighted by molar-refractivity contribution is 0.196. The first kappa shape index (κ1) is 25.9. The number of aliphatic hydroxyl groups is 1. The van der Waals surface area contributed by atoms with Crippen LogP contribution in [-0.4, -0.2) is 28.3 Å². The number of thioether (sulfide) groups is 1. The minimum absolute atomic E-state index is 0.0354. The Morgan fingerprint density at radius 3 is 2.49 bits per heavy atom. The smallest absolute Gasteiger partial charge is 0.226 e. The lowest BCUT2D eigenvalue weighted by Gasteiger charge is -2.14. The van der Waals surface area contributed by atoms with E-state index >= 15 is 0 Å². The average Bonchev–Trinajstić information content (AvgIpc) is 3.37. The zero-order valence-electron chi connectivity index (χ0n) is 18.8. The van der Waals surface area contributed by atoms with Crippen LogP contribution in [0, 0.1) is 34.3 Å². The molecule has 0 aliphatic heterocycles. The summed E-state index contributed by atoms with van der Waals surface area (Å²) in [5.74, 6) is -1.07. The highest BCUT2D eigenvalue weighted by Crippen LogP contribution is 2.38. The van der Waals surface area contributed by atoms with Crippen molar-refractivity contribution in [2.24, 2.45) is 0 Å². The lowest BCUT2D eigenvalue weighted by atomic mass is 9.96. The number of aromatic nitrogens is 2. The maximum Gasteiger partial charge on any atom is 0.226 e. The second-order valence-corrected chi connectivity index (χ2v) is 8.80. The van der Waals surface area contributed by atoms with Crippen LogP contribution in [-0.2, 0) is 5.75 Å². The van der Waals surface area contributed by atoms with Crippen LogP contribution in [0.15, 0.2) is 52.1 Å². The number of nitrogen functional groups attached to an aromatic ring is 1. The summed E-state index contributed by atoms with van der Waals surface area (Å²) in [6, 6.07) is 12.0. The fourth-order valence-corrected chi connectivity index (χ4v) is 4.45. The summed E-state index contributed by atoms with van der Waals surface area (Å²) < 4.78 is 38.7. The molecule has 37 heavy (non-hydrogen) atoms. The lowest BCUT2D eigenvalue weighted by Crippen LogP contribution is -2.05. The molecule has 0 unspecified atom stereocenters. The van der Waals surface area contributed by atoms with E-state index in [0.717, 1.165) is 17.8 Å². The SMILES string of the molecule is N#Cc1c(N)nc(SCc2coc(-c3ccc(F)c(Cl)c3)n2)c(C#N)c1-c1ccc(OCCO)c(F)c1. The Kier molecular flexibility index (Phi) is 7.89. The first-order chi connectivity index (χ1) is 17.9. The summed E-state index contributed by atoms with van der Waals surface area (Å²) in [6.45, 7) is -0.380. The van der Waals surface area contributed by atoms with Gasteiger partial charge >= 0.3 is 0 Å². The molecule has 2 aromatic carbocycles. The zero-order valence-corrected chi connectivity index (χ0v) is 20.4. The van der Waals surface area contributed by atoms with Crippen molar-refractivity contribution in [3.63, 3.8) is 0 Å². The van der Waals surface area contributed by atoms with Crippen molar-refractivity contribution in [2.45, 2.75) is 10.8 Å². The Morgan fingerprint density at radius 2 is 1.81 bits per heavy atom. The van der Waals surface area contributed by atoms with Crippen molar-refractivity contribution < 1.29 is 23.0 Å². The van der Waals surface area contributed by atoms with Gasteiger partial charge in [-0.15, -0.1) is 0 Å². The molecule has 0 spiro atoms. The van der Waals surface area contributed by atoms with Crippen molar-refractivity contribution in [1.29, 1.82) is 10.5 Å². The van der Waals surface area contributed by atoms with Gasteiger partial charge < -0.3 is 20.0 Å². The highest BCUT2D eigenvalue weighted by atomic mass is 35.5. The van der Waals surface area contributed by atoms with Crippen LogP contribution in [0.5, 0.6) is 5.75 Å². The summed E-state index contributed by atoms with van der Waals surface area (Å²) in [5.41, 5.74) is 7.33. The van der Waals surface area contributed by atoms with Gasteiger partial charge in [0.1, 0.15) is 47.2 Å². The fourth-order valence-electron chi connectivity index (χ4n) is 3.40. The number of benzene rings is 2. The minimum atomic E-state index is -0.737. The number of nitrogens with two attached hydrogens (primary N) is 1. The zero-order chi connectivity index (χ0) is 26.5. The minimum Gasteiger partial charge on any atom is -0.488 e. The van der Waals surface area contributed by atoms with Crippen LogP contribution >= 0.6 is 23.4 Å². The number of halogens is 3. The maximum atomic E-state index is 14.6. The van der Waals surface area contributed by atoms with Gasteiger partial charge in [0.2, 0.25) is 5.89 Å². The van der Waals surface area contributed by atoms with Gasteiger partial charge in [-0.25, -0.2) is 18.7 Å². The summed E-state index contributed by atoms with van der Waals surface area (Å²) in [5, 5.41) is 28.6. The molecular weight excluding hydrogens is 524 g/mol. The van der Waals surface area contributed by atoms with Crippen LogP contribution in [0.2, 0.25) is 5.02 Å². The summed E-state index contributed by atoms with van der Waals surface area (Å²) in [7, 11) is 0. The number of oxazole rings is 1. The number of pyridine rings is 1. The Labute approximate surface area is 218 Å². The summed E-state index contributed by atoms with van der Waals surface area (Å²) in [4.78, 5) is 8.57. The second-order valence-electron chi connectivity index (χ2n) is 7.43. The predicted molar refractivity (Wildman–Crippen MR) is 133 cm³/mol. The highest BCUT2D eigenvalue weighted by molar-refractivity contribution is 7.98. The number of ether oxygens (including phenoxy) is 1. The molecule has 4 rings (SSSR count). The Balaban J connectivity index is 1.66. The van der Waals surface area contributed by atoms with E-state index in [1.54, 1.807) is 0 Å². The number of nitriles is 2. The molecule has 2 heterocycles. The molecule has 0 radical (unpaired) electrons. The molecule has 12 heteroatoms. The first-order valence-corrected chi connectivity index (χ1v) is 11.9. The van der Waals surface area contributed by atoms with Gasteiger partial charge in [0, 0.05) is 16.9 Å². The van der Waals surface area contributed by atoms with E-state index in [9.17, 15) is 19.3 Å². The molecule has 0 atom stereocenters. The van der Waals surface area contributed by atoms with Crippen molar-refractivity contribution >= 4 is 29.2 Å². The topological polar surface area (TPSA) is 142 Å². The molecule has 0 amide bonds. The van der Waals surface area contributed by atoms with Crippen LogP contribution in [0.1, 0.15) is 16.8 Å². The Hall–Kier alpha value is -4.16. The monoisotopic (exact) mass is 539 g/mol. The van der Waals surface area contributed by atoms with E-state index in [1.807, 2.05) is 12.1 Å². The fraction of sp³-hybridized carbons (Fsp3) is 0.120. The molecule has 0 saturated heterocycles. The van der Waals surface area contributed by atoms with Gasteiger partial charge in [0.05, 0.1) is 22.9 Å². The van der Waals surface area contributed by atoms with Crippen LogP contribution in [0.4, 0.5) is 14.6 Å². The van der Waals surface area contributed by atoms with Gasteiger partial charge in [-0.05, 0) is 35.9 Å². The molecule has 0 aliphatic carbocycles. The van der Waals surface area contributed by atoms with Crippen molar-refractivity contribution in [3.8, 4) is 40.5 Å². The van der Waals surface area contributed by atoms with E-state index < -0.39 is 11.6 Å². The third-order valence-electron chi connectivity index (χ3n) is 5.06. The second kappa shape index (κ2) is 11.3. The number of nitrogens with zero attached hydrogens (tertiary/aromatic N) is 4. The molecule has 0 fully saturated rings. The molecular formula is C25H16ClF2N5O3S. The standard InChI is InChI=1S/C25H16ClF2N5O3S/c26-18-7-14(1-3-19(18)27)24-32-15(11-36-24)12-37-25-17(10-30)22(16(9-29)23(31)33-25)13-2-4-21(20(28)8-13)35-6-5-34/h1-4,7-8,11,34H,5-6,12H2,(H2,31,33). The molecule has 0 bridgehead atoms. The third-order valence-corrected chi connectivity index (χ3v) is 6.36. The third kappa shape index (κ3) is 5.49. The van der Waals surface area contributed by atoms with E-state index in [4.69, 9.17) is 31.6 Å². The van der Waals surface area contributed by atoms with E-state index in [2.05, 4.69) is 9.97 Å². The Bertz CT molecular complexity index is 1570. The maximum absolute atomic E-state index is 14.6.